The minimum Gasteiger partial charge on any atom is -0.507 e. The van der Waals surface area contributed by atoms with Gasteiger partial charge in [0.15, 0.2) is 0 Å². The normalized spacial score (nSPS) is 10.9. The number of hydrogen-bond donors (Lipinski definition) is 4. The fourth-order valence-electron chi connectivity index (χ4n) is 4.93. The Labute approximate surface area is 338 Å². The summed E-state index contributed by atoms with van der Waals surface area (Å²) in [4.78, 5) is 17.2. The number of aliphatic imine (C=N–C) groups is 2. The molecule has 0 aliphatic carbocycles. The van der Waals surface area contributed by atoms with Gasteiger partial charge in [0.05, 0.1) is 11.4 Å². The number of benzene rings is 5. The minimum absolute atomic E-state index is 0. The molecule has 0 aliphatic heterocycles. The molecule has 0 bridgehead atoms. The number of halogens is 2. The van der Waals surface area contributed by atoms with Crippen LogP contribution in [0.2, 0.25) is 0 Å². The van der Waals surface area contributed by atoms with Crippen molar-refractivity contribution >= 4 is 76.5 Å². The molecule has 7 aromatic rings. The first-order valence-electron chi connectivity index (χ1n) is 15.3. The summed E-state index contributed by atoms with van der Waals surface area (Å²) in [6.45, 7) is 3.63. The van der Waals surface area contributed by atoms with Gasteiger partial charge in [-0.3, -0.25) is 20.0 Å². The predicted molar refractivity (Wildman–Crippen MR) is 209 cm³/mol. The SMILES string of the molecule is CC(=Nc1cccc(Br)c1)c1cc(C(C)=Nc2cccc(Br)c2)c(O)cc1O.Oc1cccc2cccnc12.Oc1cccc2cccnc12.[Co].[Co]. The number of pyridine rings is 2. The van der Waals surface area contributed by atoms with Crippen LogP contribution in [0, 0.1) is 0 Å². The fourth-order valence-corrected chi connectivity index (χ4v) is 5.71. The topological polar surface area (TPSA) is 131 Å². The molecule has 0 spiro atoms. The molecule has 2 aromatic heterocycles. The van der Waals surface area contributed by atoms with Crippen molar-refractivity contribution in [3.05, 3.63) is 154 Å². The third-order valence-electron chi connectivity index (χ3n) is 7.33. The smallest absolute Gasteiger partial charge is 0.141 e. The van der Waals surface area contributed by atoms with E-state index in [2.05, 4.69) is 51.8 Å². The van der Waals surface area contributed by atoms with Crippen LogP contribution in [0.5, 0.6) is 23.0 Å². The van der Waals surface area contributed by atoms with Gasteiger partial charge in [-0.1, -0.05) is 80.4 Å². The Morgan fingerprint density at radius 2 is 0.865 bits per heavy atom. The van der Waals surface area contributed by atoms with E-state index in [0.29, 0.717) is 33.6 Å². The van der Waals surface area contributed by atoms with Gasteiger partial charge in [-0.2, -0.15) is 0 Å². The monoisotopic (exact) mass is 908 g/mol. The van der Waals surface area contributed by atoms with E-state index in [1.54, 1.807) is 42.7 Å². The maximum atomic E-state index is 10.3. The molecule has 4 N–H and O–H groups in total. The number of phenols is 4. The van der Waals surface area contributed by atoms with Crippen molar-refractivity contribution in [3.63, 3.8) is 0 Å². The Kier molecular flexibility index (Phi) is 16.0. The van der Waals surface area contributed by atoms with E-state index in [1.807, 2.05) is 98.8 Å². The maximum absolute atomic E-state index is 10.3. The van der Waals surface area contributed by atoms with E-state index in [0.717, 1.165) is 31.1 Å². The van der Waals surface area contributed by atoms with Crippen LogP contribution in [-0.2, 0) is 33.6 Å². The zero-order chi connectivity index (χ0) is 35.6. The largest absolute Gasteiger partial charge is 0.507 e. The van der Waals surface area contributed by atoms with Crippen LogP contribution in [-0.4, -0.2) is 41.8 Å². The predicted octanol–water partition coefficient (Wildman–Crippen LogP) is 10.8. The van der Waals surface area contributed by atoms with Crippen molar-refractivity contribution < 1.29 is 54.0 Å². The zero-order valence-corrected chi connectivity index (χ0v) is 33.0. The summed E-state index contributed by atoms with van der Waals surface area (Å²) < 4.78 is 1.85. The molecule has 0 saturated carbocycles. The van der Waals surface area contributed by atoms with Gasteiger partial charge >= 0.3 is 0 Å². The minimum atomic E-state index is -0.0345. The molecule has 0 unspecified atom stereocenters. The van der Waals surface area contributed by atoms with Gasteiger partial charge < -0.3 is 20.4 Å². The fraction of sp³-hybridized carbons (Fsp3) is 0.0500. The number of para-hydroxylation sites is 2. The van der Waals surface area contributed by atoms with Crippen molar-refractivity contribution in [3.8, 4) is 23.0 Å². The number of aromatic hydroxyl groups is 4. The van der Waals surface area contributed by atoms with Crippen LogP contribution >= 0.6 is 31.9 Å². The van der Waals surface area contributed by atoms with E-state index < -0.39 is 0 Å². The first-order valence-corrected chi connectivity index (χ1v) is 16.9. The second-order valence-corrected chi connectivity index (χ2v) is 12.8. The maximum Gasteiger partial charge on any atom is 0.141 e. The number of aromatic nitrogens is 2. The molecule has 0 aliphatic rings. The number of nitrogens with zero attached hydrogens (tertiary/aromatic N) is 4. The van der Waals surface area contributed by atoms with Crippen molar-refractivity contribution in [2.45, 2.75) is 13.8 Å². The molecule has 2 heterocycles. The Hall–Kier alpha value is -4.57. The van der Waals surface area contributed by atoms with E-state index >= 15 is 0 Å². The molecule has 2 radical (unpaired) electrons. The molecule has 0 amide bonds. The Morgan fingerprint density at radius 1 is 0.481 bits per heavy atom. The van der Waals surface area contributed by atoms with Gasteiger partial charge in [-0.25, -0.2) is 0 Å². The van der Waals surface area contributed by atoms with Crippen molar-refractivity contribution in [1.29, 1.82) is 0 Å². The van der Waals surface area contributed by atoms with Crippen LogP contribution in [0.1, 0.15) is 25.0 Å². The van der Waals surface area contributed by atoms with E-state index in [4.69, 9.17) is 0 Å². The van der Waals surface area contributed by atoms with Crippen molar-refractivity contribution in [2.24, 2.45) is 9.98 Å². The average Bonchev–Trinajstić information content (AvgIpc) is 3.09. The van der Waals surface area contributed by atoms with Gasteiger partial charge in [-0.15, -0.1) is 0 Å². The summed E-state index contributed by atoms with van der Waals surface area (Å²) in [5, 5.41) is 41.2. The van der Waals surface area contributed by atoms with Gasteiger partial charge in [-0.05, 0) is 80.6 Å². The molecule has 0 fully saturated rings. The molecule has 8 nitrogen and oxygen atoms in total. The molecule has 52 heavy (non-hydrogen) atoms. The van der Waals surface area contributed by atoms with Crippen LogP contribution in [0.4, 0.5) is 11.4 Å². The van der Waals surface area contributed by atoms with Gasteiger partial charge in [0.2, 0.25) is 0 Å². The summed E-state index contributed by atoms with van der Waals surface area (Å²) in [6.07, 6.45) is 3.34. The van der Waals surface area contributed by atoms with Crippen molar-refractivity contribution in [1.82, 2.24) is 9.97 Å². The standard InChI is InChI=1S/C22H18Br2N2O2.2C9H7NO.2Co/c1-13(25-17-7-3-5-15(23)9-17)19-11-20(22(28)12-21(19)27)14(2)26-18-8-4-6-16(24)10-18;2*11-8-5-1-3-7-4-2-6-10-9(7)8;;/h3-12,27-28H,1-2H3;2*1-6,11H;;. The third-order valence-corrected chi connectivity index (χ3v) is 8.31. The number of hydrogen-bond acceptors (Lipinski definition) is 8. The van der Waals surface area contributed by atoms with Crippen molar-refractivity contribution in [2.75, 3.05) is 0 Å². The Balaban J connectivity index is 0.000000248. The summed E-state index contributed by atoms with van der Waals surface area (Å²) in [5.41, 5.74) is 5.19. The summed E-state index contributed by atoms with van der Waals surface area (Å²) in [7, 11) is 0. The molecular formula is C40H32Br2Co2N4O4. The molecule has 7 rings (SSSR count). The van der Waals surface area contributed by atoms with Crippen LogP contribution in [0.25, 0.3) is 21.8 Å². The molecule has 268 valence electrons. The number of phenolic OH excluding ortho intramolecular Hbond substituents is 4. The molecule has 0 saturated heterocycles. The van der Waals surface area contributed by atoms with Crippen LogP contribution in [0.15, 0.2) is 153 Å². The second kappa shape index (κ2) is 19.9. The average molecular weight is 910 g/mol. The Morgan fingerprint density at radius 3 is 1.25 bits per heavy atom. The Bertz CT molecular complexity index is 2190. The first kappa shape index (κ1) is 41.9. The van der Waals surface area contributed by atoms with E-state index in [9.17, 15) is 20.4 Å². The molecule has 0 atom stereocenters. The van der Waals surface area contributed by atoms with Crippen LogP contribution < -0.4 is 0 Å². The quantitative estimate of drug-likeness (QED) is 0.130. The molecule has 5 aromatic carbocycles. The molecular weight excluding hydrogens is 878 g/mol. The summed E-state index contributed by atoms with van der Waals surface area (Å²) in [5.74, 6) is 0.409. The third kappa shape index (κ3) is 11.2. The first-order chi connectivity index (χ1) is 24.1. The molecule has 12 heteroatoms. The van der Waals surface area contributed by atoms with Crippen LogP contribution in [0.3, 0.4) is 0 Å². The summed E-state index contributed by atoms with van der Waals surface area (Å²) in [6, 6.07) is 36.5. The number of rotatable bonds is 4. The van der Waals surface area contributed by atoms with Gasteiger partial charge in [0, 0.05) is 94.3 Å². The summed E-state index contributed by atoms with van der Waals surface area (Å²) >= 11 is 6.86. The second-order valence-electron chi connectivity index (χ2n) is 10.9. The zero-order valence-electron chi connectivity index (χ0n) is 27.7. The van der Waals surface area contributed by atoms with Gasteiger partial charge in [0.25, 0.3) is 0 Å². The van der Waals surface area contributed by atoms with Gasteiger partial charge in [0.1, 0.15) is 34.0 Å². The number of fused-ring (bicyclic) bond motifs is 2. The van der Waals surface area contributed by atoms with E-state index in [1.165, 1.54) is 6.07 Å². The van der Waals surface area contributed by atoms with E-state index in [-0.39, 0.29) is 56.6 Å².